The van der Waals surface area contributed by atoms with Crippen LogP contribution in [0.4, 0.5) is 0 Å². The second-order valence-electron chi connectivity index (χ2n) is 5.03. The number of carboxylic acid groups (broad SMARTS) is 1. The zero-order valence-electron chi connectivity index (χ0n) is 11.5. The number of hydrogen-bond donors (Lipinski definition) is 1. The molecule has 1 aliphatic rings. The van der Waals surface area contributed by atoms with Crippen molar-refractivity contribution in [3.63, 3.8) is 0 Å². The van der Waals surface area contributed by atoms with E-state index in [0.717, 1.165) is 5.56 Å². The van der Waals surface area contributed by atoms with E-state index in [4.69, 9.17) is 10.4 Å². The number of rotatable bonds is 3. The summed E-state index contributed by atoms with van der Waals surface area (Å²) in [6.45, 7) is 0.867. The lowest BCUT2D eigenvalue weighted by atomic mass is 9.98. The molecule has 108 valence electrons. The molecule has 0 aliphatic carbocycles. The fraction of sp³-hybridized carbons (Fsp3) is 0.312. The number of benzene rings is 1. The average Bonchev–Trinajstić information content (AvgIpc) is 2.53. The highest BCUT2D eigenvalue weighted by molar-refractivity contribution is 5.92. The molecule has 2 rings (SSSR count). The topological polar surface area (TPSA) is 81.4 Å². The summed E-state index contributed by atoms with van der Waals surface area (Å²) in [5, 5.41) is 17.7. The van der Waals surface area contributed by atoms with Gasteiger partial charge >= 0.3 is 5.97 Å². The van der Waals surface area contributed by atoms with Crippen LogP contribution in [0.3, 0.4) is 0 Å². The molecular formula is C16H16N2O3. The van der Waals surface area contributed by atoms with Gasteiger partial charge in [-0.15, -0.1) is 0 Å². The summed E-state index contributed by atoms with van der Waals surface area (Å²) in [6.07, 6.45) is 4.46. The van der Waals surface area contributed by atoms with Crippen molar-refractivity contribution in [2.75, 3.05) is 13.1 Å². The van der Waals surface area contributed by atoms with Crippen LogP contribution in [0.2, 0.25) is 0 Å². The van der Waals surface area contributed by atoms with Gasteiger partial charge in [-0.1, -0.05) is 12.1 Å². The highest BCUT2D eigenvalue weighted by atomic mass is 16.4. The SMILES string of the molecule is N#Cc1ccc(/C=C/C(=O)N2CCCC(C(=O)O)C2)cc1. The van der Waals surface area contributed by atoms with Gasteiger partial charge in [0.2, 0.25) is 5.91 Å². The number of amides is 1. The van der Waals surface area contributed by atoms with Crippen molar-refractivity contribution in [3.8, 4) is 6.07 Å². The largest absolute Gasteiger partial charge is 0.481 e. The fourth-order valence-electron chi connectivity index (χ4n) is 2.32. The van der Waals surface area contributed by atoms with Gasteiger partial charge in [-0.3, -0.25) is 9.59 Å². The minimum atomic E-state index is -0.844. The lowest BCUT2D eigenvalue weighted by molar-refractivity contribution is -0.144. The van der Waals surface area contributed by atoms with Gasteiger partial charge in [0.15, 0.2) is 0 Å². The second-order valence-corrected chi connectivity index (χ2v) is 5.03. The van der Waals surface area contributed by atoms with Crippen LogP contribution in [0, 0.1) is 17.2 Å². The van der Waals surface area contributed by atoms with Crippen molar-refractivity contribution in [1.29, 1.82) is 5.26 Å². The number of piperidine rings is 1. The maximum Gasteiger partial charge on any atom is 0.308 e. The summed E-state index contributed by atoms with van der Waals surface area (Å²) in [6, 6.07) is 8.93. The Morgan fingerprint density at radius 3 is 2.67 bits per heavy atom. The summed E-state index contributed by atoms with van der Waals surface area (Å²) < 4.78 is 0. The molecular weight excluding hydrogens is 268 g/mol. The third-order valence-corrected chi connectivity index (χ3v) is 3.54. The van der Waals surface area contributed by atoms with Crippen LogP contribution >= 0.6 is 0 Å². The van der Waals surface area contributed by atoms with Crippen molar-refractivity contribution < 1.29 is 14.7 Å². The Kier molecular flexibility index (Phi) is 4.72. The van der Waals surface area contributed by atoms with E-state index < -0.39 is 11.9 Å². The molecule has 1 fully saturated rings. The van der Waals surface area contributed by atoms with Crippen LogP contribution < -0.4 is 0 Å². The number of likely N-dealkylation sites (tertiary alicyclic amines) is 1. The van der Waals surface area contributed by atoms with E-state index in [1.165, 1.54) is 6.08 Å². The van der Waals surface area contributed by atoms with Gasteiger partial charge in [-0.2, -0.15) is 5.26 Å². The first-order valence-electron chi connectivity index (χ1n) is 6.80. The predicted octanol–water partition coefficient (Wildman–Crippen LogP) is 1.89. The smallest absolute Gasteiger partial charge is 0.308 e. The molecule has 5 heteroatoms. The zero-order valence-corrected chi connectivity index (χ0v) is 11.5. The van der Waals surface area contributed by atoms with Gasteiger partial charge in [0, 0.05) is 19.2 Å². The molecule has 1 aromatic carbocycles. The Balaban J connectivity index is 1.98. The standard InChI is InChI=1S/C16H16N2O3/c17-10-13-5-3-12(4-6-13)7-8-15(19)18-9-1-2-14(11-18)16(20)21/h3-8,14H,1-2,9,11H2,(H,20,21)/b8-7+. The van der Waals surface area contributed by atoms with E-state index >= 15 is 0 Å². The van der Waals surface area contributed by atoms with Crippen LogP contribution in [-0.2, 0) is 9.59 Å². The number of hydrogen-bond acceptors (Lipinski definition) is 3. The quantitative estimate of drug-likeness (QED) is 0.859. The van der Waals surface area contributed by atoms with Crippen LogP contribution in [0.15, 0.2) is 30.3 Å². The molecule has 0 aromatic heterocycles. The van der Waals surface area contributed by atoms with Gasteiger partial charge in [0.05, 0.1) is 17.6 Å². The molecule has 1 saturated heterocycles. The zero-order chi connectivity index (χ0) is 15.2. The first kappa shape index (κ1) is 14.8. The Morgan fingerprint density at radius 2 is 2.05 bits per heavy atom. The minimum absolute atomic E-state index is 0.176. The summed E-state index contributed by atoms with van der Waals surface area (Å²) in [5.74, 6) is -1.49. The maximum absolute atomic E-state index is 12.1. The normalized spacial score (nSPS) is 18.4. The summed E-state index contributed by atoms with van der Waals surface area (Å²) in [5.41, 5.74) is 1.40. The van der Waals surface area contributed by atoms with E-state index in [0.29, 0.717) is 24.9 Å². The van der Waals surface area contributed by atoms with Crippen LogP contribution in [0.1, 0.15) is 24.0 Å². The van der Waals surface area contributed by atoms with E-state index in [9.17, 15) is 9.59 Å². The Labute approximate surface area is 123 Å². The van der Waals surface area contributed by atoms with E-state index in [-0.39, 0.29) is 12.5 Å². The molecule has 5 nitrogen and oxygen atoms in total. The lowest BCUT2D eigenvalue weighted by Crippen LogP contribution is -2.41. The fourth-order valence-corrected chi connectivity index (χ4v) is 2.32. The average molecular weight is 284 g/mol. The number of nitriles is 1. The lowest BCUT2D eigenvalue weighted by Gasteiger charge is -2.29. The van der Waals surface area contributed by atoms with Gasteiger partial charge in [-0.05, 0) is 36.6 Å². The molecule has 0 saturated carbocycles. The Hall–Kier alpha value is -2.61. The number of carboxylic acids is 1. The molecule has 0 radical (unpaired) electrons. The van der Waals surface area contributed by atoms with Gasteiger partial charge in [-0.25, -0.2) is 0 Å². The molecule has 1 amide bonds. The summed E-state index contributed by atoms with van der Waals surface area (Å²) in [4.78, 5) is 24.6. The monoisotopic (exact) mass is 284 g/mol. The van der Waals surface area contributed by atoms with E-state index in [1.54, 1.807) is 35.2 Å². The third-order valence-electron chi connectivity index (χ3n) is 3.54. The van der Waals surface area contributed by atoms with E-state index in [2.05, 4.69) is 0 Å². The molecule has 0 bridgehead atoms. The minimum Gasteiger partial charge on any atom is -0.481 e. The molecule has 1 unspecified atom stereocenters. The summed E-state index contributed by atoms with van der Waals surface area (Å²) in [7, 11) is 0. The molecule has 1 heterocycles. The molecule has 21 heavy (non-hydrogen) atoms. The van der Waals surface area contributed by atoms with Crippen molar-refractivity contribution in [2.45, 2.75) is 12.8 Å². The van der Waals surface area contributed by atoms with Crippen molar-refractivity contribution in [1.82, 2.24) is 4.90 Å². The van der Waals surface area contributed by atoms with Gasteiger partial charge in [0.25, 0.3) is 0 Å². The van der Waals surface area contributed by atoms with Crippen molar-refractivity contribution in [3.05, 3.63) is 41.5 Å². The number of carbonyl (C=O) groups excluding carboxylic acids is 1. The highest BCUT2D eigenvalue weighted by Gasteiger charge is 2.26. The number of aliphatic carboxylic acids is 1. The molecule has 1 atom stereocenters. The van der Waals surface area contributed by atoms with Gasteiger partial charge in [0.1, 0.15) is 0 Å². The van der Waals surface area contributed by atoms with Crippen molar-refractivity contribution >= 4 is 18.0 Å². The first-order chi connectivity index (χ1) is 10.1. The number of carbonyl (C=O) groups is 2. The Morgan fingerprint density at radius 1 is 1.33 bits per heavy atom. The second kappa shape index (κ2) is 6.71. The van der Waals surface area contributed by atoms with Crippen molar-refractivity contribution in [2.24, 2.45) is 5.92 Å². The Bertz CT molecular complexity index is 599. The predicted molar refractivity (Wildman–Crippen MR) is 77.1 cm³/mol. The van der Waals surface area contributed by atoms with Gasteiger partial charge < -0.3 is 10.0 Å². The summed E-state index contributed by atoms with van der Waals surface area (Å²) >= 11 is 0. The van der Waals surface area contributed by atoms with Crippen LogP contribution in [0.25, 0.3) is 6.08 Å². The highest BCUT2D eigenvalue weighted by Crippen LogP contribution is 2.17. The molecule has 1 aliphatic heterocycles. The molecule has 1 N–H and O–H groups in total. The third kappa shape index (κ3) is 3.93. The van der Waals surface area contributed by atoms with Crippen LogP contribution in [-0.4, -0.2) is 35.0 Å². The molecule has 0 spiro atoms. The molecule has 1 aromatic rings. The first-order valence-corrected chi connectivity index (χ1v) is 6.80. The van der Waals surface area contributed by atoms with Crippen LogP contribution in [0.5, 0.6) is 0 Å². The van der Waals surface area contributed by atoms with E-state index in [1.807, 2.05) is 6.07 Å². The maximum atomic E-state index is 12.1. The number of nitrogens with zero attached hydrogens (tertiary/aromatic N) is 2.